The fourth-order valence-electron chi connectivity index (χ4n) is 3.50. The largest absolute Gasteiger partial charge is 0.393 e. The SMILES string of the molecule is FC(F)(F)C1CCCCC1NC1CSCc2ccccc21. The standard InChI is InChI=1S/C16H20F3NS/c17-16(18,19)13-7-3-4-8-14(13)20-15-10-21-9-11-5-1-2-6-12(11)15/h1-2,5-6,13-15,20H,3-4,7-10H2. The number of rotatable bonds is 2. The summed E-state index contributed by atoms with van der Waals surface area (Å²) in [4.78, 5) is 0. The van der Waals surface area contributed by atoms with E-state index in [2.05, 4.69) is 17.4 Å². The molecule has 5 heteroatoms. The Hall–Kier alpha value is -0.680. The summed E-state index contributed by atoms with van der Waals surface area (Å²) in [6.07, 6.45) is -1.60. The van der Waals surface area contributed by atoms with E-state index in [-0.39, 0.29) is 12.5 Å². The quantitative estimate of drug-likeness (QED) is 0.850. The first-order valence-corrected chi connectivity index (χ1v) is 8.69. The predicted molar refractivity (Wildman–Crippen MR) is 80.3 cm³/mol. The Morgan fingerprint density at radius 2 is 1.86 bits per heavy atom. The van der Waals surface area contributed by atoms with E-state index in [1.54, 1.807) is 11.8 Å². The molecule has 3 rings (SSSR count). The van der Waals surface area contributed by atoms with Crippen LogP contribution in [0, 0.1) is 5.92 Å². The van der Waals surface area contributed by atoms with Gasteiger partial charge < -0.3 is 5.32 Å². The van der Waals surface area contributed by atoms with E-state index in [4.69, 9.17) is 0 Å². The van der Waals surface area contributed by atoms with Crippen LogP contribution in [0.1, 0.15) is 42.9 Å². The number of halogens is 3. The fourth-order valence-corrected chi connectivity index (χ4v) is 4.61. The smallest absolute Gasteiger partial charge is 0.306 e. The fraction of sp³-hybridized carbons (Fsp3) is 0.625. The van der Waals surface area contributed by atoms with Gasteiger partial charge in [0.2, 0.25) is 0 Å². The normalized spacial score (nSPS) is 30.0. The molecule has 1 aliphatic carbocycles. The molecular formula is C16H20F3NS. The van der Waals surface area contributed by atoms with Crippen molar-refractivity contribution in [2.75, 3.05) is 5.75 Å². The van der Waals surface area contributed by atoms with Gasteiger partial charge in [0.25, 0.3) is 0 Å². The maximum Gasteiger partial charge on any atom is 0.393 e. The first-order valence-electron chi connectivity index (χ1n) is 7.54. The number of benzene rings is 1. The van der Waals surface area contributed by atoms with Gasteiger partial charge >= 0.3 is 6.18 Å². The van der Waals surface area contributed by atoms with Crippen LogP contribution in [-0.2, 0) is 5.75 Å². The minimum atomic E-state index is -4.08. The summed E-state index contributed by atoms with van der Waals surface area (Å²) in [5.41, 5.74) is 2.44. The number of thioether (sulfide) groups is 1. The van der Waals surface area contributed by atoms with Crippen molar-refractivity contribution < 1.29 is 13.2 Å². The van der Waals surface area contributed by atoms with Crippen molar-refractivity contribution >= 4 is 11.8 Å². The molecule has 0 saturated heterocycles. The summed E-state index contributed by atoms with van der Waals surface area (Å²) in [6.45, 7) is 0. The molecular weight excluding hydrogens is 295 g/mol. The van der Waals surface area contributed by atoms with E-state index in [1.165, 1.54) is 11.1 Å². The molecule has 21 heavy (non-hydrogen) atoms. The highest BCUT2D eigenvalue weighted by Gasteiger charge is 2.46. The van der Waals surface area contributed by atoms with Crippen LogP contribution in [0.25, 0.3) is 0 Å². The van der Waals surface area contributed by atoms with E-state index < -0.39 is 18.1 Å². The van der Waals surface area contributed by atoms with Crippen molar-refractivity contribution in [3.8, 4) is 0 Å². The highest BCUT2D eigenvalue weighted by Crippen LogP contribution is 2.40. The highest BCUT2D eigenvalue weighted by molar-refractivity contribution is 7.98. The van der Waals surface area contributed by atoms with Crippen molar-refractivity contribution in [3.63, 3.8) is 0 Å². The van der Waals surface area contributed by atoms with Gasteiger partial charge in [-0.05, 0) is 24.0 Å². The van der Waals surface area contributed by atoms with Crippen LogP contribution in [0.2, 0.25) is 0 Å². The van der Waals surface area contributed by atoms with Crippen molar-refractivity contribution in [1.82, 2.24) is 5.32 Å². The van der Waals surface area contributed by atoms with Gasteiger partial charge in [0.05, 0.1) is 5.92 Å². The van der Waals surface area contributed by atoms with Gasteiger partial charge in [0.1, 0.15) is 0 Å². The topological polar surface area (TPSA) is 12.0 Å². The zero-order valence-electron chi connectivity index (χ0n) is 11.8. The van der Waals surface area contributed by atoms with E-state index in [0.717, 1.165) is 17.9 Å². The molecule has 3 atom stereocenters. The monoisotopic (exact) mass is 315 g/mol. The first kappa shape index (κ1) is 15.2. The second kappa shape index (κ2) is 6.21. The van der Waals surface area contributed by atoms with Crippen molar-refractivity contribution in [2.45, 2.75) is 49.7 Å². The van der Waals surface area contributed by atoms with Crippen molar-refractivity contribution in [2.24, 2.45) is 5.92 Å². The molecule has 1 nitrogen and oxygen atoms in total. The Morgan fingerprint density at radius 1 is 1.10 bits per heavy atom. The lowest BCUT2D eigenvalue weighted by Crippen LogP contribution is -2.47. The maximum atomic E-state index is 13.2. The lowest BCUT2D eigenvalue weighted by Gasteiger charge is -2.37. The molecule has 1 aromatic carbocycles. The highest BCUT2D eigenvalue weighted by atomic mass is 32.2. The molecule has 1 fully saturated rings. The van der Waals surface area contributed by atoms with Gasteiger partial charge in [-0.15, -0.1) is 0 Å². The Labute approximate surface area is 127 Å². The van der Waals surface area contributed by atoms with Gasteiger partial charge in [0, 0.05) is 23.6 Å². The van der Waals surface area contributed by atoms with Crippen LogP contribution in [0.4, 0.5) is 13.2 Å². The average Bonchev–Trinajstić information content (AvgIpc) is 2.47. The van der Waals surface area contributed by atoms with E-state index in [0.29, 0.717) is 12.8 Å². The van der Waals surface area contributed by atoms with Crippen molar-refractivity contribution in [3.05, 3.63) is 35.4 Å². The van der Waals surface area contributed by atoms with Gasteiger partial charge in [-0.25, -0.2) is 0 Å². The van der Waals surface area contributed by atoms with Gasteiger partial charge in [-0.3, -0.25) is 0 Å². The lowest BCUT2D eigenvalue weighted by atomic mass is 9.83. The van der Waals surface area contributed by atoms with Gasteiger partial charge in [-0.2, -0.15) is 24.9 Å². The average molecular weight is 315 g/mol. The van der Waals surface area contributed by atoms with Crippen LogP contribution < -0.4 is 5.32 Å². The zero-order valence-corrected chi connectivity index (χ0v) is 12.6. The lowest BCUT2D eigenvalue weighted by molar-refractivity contribution is -0.189. The Kier molecular flexibility index (Phi) is 4.50. The van der Waals surface area contributed by atoms with Gasteiger partial charge in [-0.1, -0.05) is 37.1 Å². The summed E-state index contributed by atoms with van der Waals surface area (Å²) >= 11 is 1.80. The molecule has 2 aliphatic rings. The Balaban J connectivity index is 1.77. The molecule has 0 bridgehead atoms. The summed E-state index contributed by atoms with van der Waals surface area (Å²) in [5.74, 6) is 0.630. The molecule has 1 heterocycles. The van der Waals surface area contributed by atoms with Crippen molar-refractivity contribution in [1.29, 1.82) is 0 Å². The van der Waals surface area contributed by atoms with E-state index in [9.17, 15) is 13.2 Å². The molecule has 3 unspecified atom stereocenters. The van der Waals surface area contributed by atoms with Gasteiger partial charge in [0.15, 0.2) is 0 Å². The summed E-state index contributed by atoms with van der Waals surface area (Å²) < 4.78 is 39.6. The third-order valence-electron chi connectivity index (χ3n) is 4.57. The Bertz CT molecular complexity index is 489. The second-order valence-electron chi connectivity index (χ2n) is 5.97. The van der Waals surface area contributed by atoms with E-state index >= 15 is 0 Å². The van der Waals surface area contributed by atoms with Crippen LogP contribution in [0.3, 0.4) is 0 Å². The molecule has 116 valence electrons. The van der Waals surface area contributed by atoms with Crippen LogP contribution in [-0.4, -0.2) is 18.0 Å². The molecule has 0 spiro atoms. The summed E-state index contributed by atoms with van der Waals surface area (Å²) in [7, 11) is 0. The molecule has 0 amide bonds. The Morgan fingerprint density at radius 3 is 2.67 bits per heavy atom. The number of hydrogen-bond donors (Lipinski definition) is 1. The molecule has 1 saturated carbocycles. The molecule has 0 aromatic heterocycles. The summed E-state index contributed by atoms with van der Waals surface area (Å²) in [5, 5.41) is 3.33. The number of nitrogens with one attached hydrogen (secondary N) is 1. The molecule has 0 radical (unpaired) electrons. The van der Waals surface area contributed by atoms with Crippen LogP contribution in [0.15, 0.2) is 24.3 Å². The van der Waals surface area contributed by atoms with E-state index in [1.807, 2.05) is 12.1 Å². The second-order valence-corrected chi connectivity index (χ2v) is 7.00. The third kappa shape index (κ3) is 3.39. The number of fused-ring (bicyclic) bond motifs is 1. The number of hydrogen-bond acceptors (Lipinski definition) is 2. The minimum Gasteiger partial charge on any atom is -0.306 e. The molecule has 1 aliphatic heterocycles. The third-order valence-corrected chi connectivity index (χ3v) is 5.66. The molecule has 1 aromatic rings. The first-order chi connectivity index (χ1) is 10.1. The van der Waals surface area contributed by atoms with Crippen LogP contribution in [0.5, 0.6) is 0 Å². The maximum absolute atomic E-state index is 13.2. The predicted octanol–water partition coefficient (Wildman–Crippen LogP) is 4.69. The number of alkyl halides is 3. The summed E-state index contributed by atoms with van der Waals surface area (Å²) in [6, 6.07) is 7.73. The van der Waals surface area contributed by atoms with Crippen LogP contribution >= 0.6 is 11.8 Å². The minimum absolute atomic E-state index is 0.0490. The zero-order chi connectivity index (χ0) is 14.9. The molecule has 1 N–H and O–H groups in total.